The van der Waals surface area contributed by atoms with Gasteiger partial charge in [0.25, 0.3) is 7.98 Å². The minimum atomic E-state index is -0.268. The molecule has 1 atom stereocenters. The Morgan fingerprint density at radius 3 is 3.00 bits per heavy atom. The third-order valence-corrected chi connectivity index (χ3v) is 3.43. The monoisotopic (exact) mass is 283 g/mol. The van der Waals surface area contributed by atoms with Gasteiger partial charge in [0, 0.05) is 25.4 Å². The third-order valence-electron chi connectivity index (χ3n) is 3.43. The second-order valence-corrected chi connectivity index (χ2v) is 4.89. The Bertz CT molecular complexity index is 686. The highest BCUT2D eigenvalue weighted by molar-refractivity contribution is 6.05. The zero-order valence-corrected chi connectivity index (χ0v) is 11.7. The Morgan fingerprint density at radius 1 is 1.48 bits per heavy atom. The van der Waals surface area contributed by atoms with Crippen LogP contribution >= 0.6 is 0 Å². The number of fused-ring (bicyclic) bond motifs is 1. The van der Waals surface area contributed by atoms with Crippen LogP contribution in [-0.2, 0) is 11.3 Å². The largest absolute Gasteiger partial charge is 0.350 e. The maximum absolute atomic E-state index is 11.7. The highest BCUT2D eigenvalue weighted by Crippen LogP contribution is 2.28. The number of amides is 1. The lowest BCUT2D eigenvalue weighted by molar-refractivity contribution is -0.117. The summed E-state index contributed by atoms with van der Waals surface area (Å²) in [6.45, 7) is 2.34. The third kappa shape index (κ3) is 2.54. The molecule has 1 aliphatic rings. The number of anilines is 3. The number of aromatic nitrogens is 4. The standard InChI is InChI=1S/C12H14BN7O/c1-7-11(21)17-9-5-15-12(18-10(9)19(7)2)14-3-8-4-16-20(13)6-8/h4-7H,3H2,1-2H3,(H,17,21)(H,14,15,18)/t7-/m0/s1. The van der Waals surface area contributed by atoms with Crippen LogP contribution in [0.3, 0.4) is 0 Å². The Labute approximate surface area is 123 Å². The second-order valence-electron chi connectivity index (χ2n) is 4.89. The Morgan fingerprint density at radius 2 is 2.29 bits per heavy atom. The van der Waals surface area contributed by atoms with Gasteiger partial charge in [0.1, 0.15) is 11.7 Å². The maximum atomic E-state index is 11.7. The number of hydrogen-bond acceptors (Lipinski definition) is 6. The van der Waals surface area contributed by atoms with Crippen molar-refractivity contribution in [1.29, 1.82) is 0 Å². The lowest BCUT2D eigenvalue weighted by Crippen LogP contribution is -2.44. The lowest BCUT2D eigenvalue weighted by atomic mass is 10.2. The van der Waals surface area contributed by atoms with Gasteiger partial charge in [0.15, 0.2) is 5.82 Å². The predicted octanol–water partition coefficient (Wildman–Crippen LogP) is -0.00640. The summed E-state index contributed by atoms with van der Waals surface area (Å²) in [6, 6.07) is -0.268. The van der Waals surface area contributed by atoms with Crippen LogP contribution in [0.15, 0.2) is 18.6 Å². The van der Waals surface area contributed by atoms with Crippen molar-refractivity contribution in [1.82, 2.24) is 19.7 Å². The number of carbonyl (C=O) groups excluding carboxylic acids is 1. The normalized spacial score (nSPS) is 17.3. The molecule has 0 aromatic carbocycles. The van der Waals surface area contributed by atoms with Crippen molar-refractivity contribution in [2.75, 3.05) is 22.6 Å². The van der Waals surface area contributed by atoms with Crippen LogP contribution in [0.25, 0.3) is 0 Å². The van der Waals surface area contributed by atoms with Crippen LogP contribution in [0.2, 0.25) is 0 Å². The van der Waals surface area contributed by atoms with E-state index in [9.17, 15) is 4.79 Å². The molecule has 9 heteroatoms. The van der Waals surface area contributed by atoms with E-state index in [0.717, 1.165) is 5.56 Å². The van der Waals surface area contributed by atoms with Crippen molar-refractivity contribution in [2.24, 2.45) is 0 Å². The average Bonchev–Trinajstić information content (AvgIpc) is 2.89. The van der Waals surface area contributed by atoms with Crippen molar-refractivity contribution in [3.8, 4) is 0 Å². The molecule has 0 saturated carbocycles. The fraction of sp³-hybridized carbons (Fsp3) is 0.333. The van der Waals surface area contributed by atoms with Gasteiger partial charge in [-0.2, -0.15) is 10.1 Å². The fourth-order valence-corrected chi connectivity index (χ4v) is 2.06. The molecule has 0 bridgehead atoms. The first-order chi connectivity index (χ1) is 10.0. The van der Waals surface area contributed by atoms with E-state index in [-0.39, 0.29) is 11.9 Å². The highest BCUT2D eigenvalue weighted by atomic mass is 16.2. The fourth-order valence-electron chi connectivity index (χ4n) is 2.06. The molecule has 3 rings (SSSR count). The number of nitrogens with zero attached hydrogens (tertiary/aromatic N) is 5. The van der Waals surface area contributed by atoms with Crippen molar-refractivity contribution in [3.05, 3.63) is 24.2 Å². The van der Waals surface area contributed by atoms with Gasteiger partial charge in [-0.3, -0.25) is 4.79 Å². The van der Waals surface area contributed by atoms with Crippen molar-refractivity contribution < 1.29 is 4.79 Å². The van der Waals surface area contributed by atoms with E-state index in [1.54, 1.807) is 18.6 Å². The first-order valence-corrected chi connectivity index (χ1v) is 6.48. The van der Waals surface area contributed by atoms with Gasteiger partial charge in [-0.15, -0.1) is 0 Å². The summed E-state index contributed by atoms with van der Waals surface area (Å²) >= 11 is 0. The number of nitrogens with one attached hydrogen (secondary N) is 2. The molecule has 3 heterocycles. The van der Waals surface area contributed by atoms with E-state index in [4.69, 9.17) is 7.98 Å². The molecular weight excluding hydrogens is 269 g/mol. The molecular formula is C12H14BN7O. The van der Waals surface area contributed by atoms with Crippen LogP contribution in [-0.4, -0.2) is 46.6 Å². The first-order valence-electron chi connectivity index (χ1n) is 6.48. The van der Waals surface area contributed by atoms with Crippen LogP contribution < -0.4 is 15.5 Å². The molecule has 1 aliphatic heterocycles. The maximum Gasteiger partial charge on any atom is 0.264 e. The van der Waals surface area contributed by atoms with Gasteiger partial charge in [0.2, 0.25) is 11.9 Å². The van der Waals surface area contributed by atoms with E-state index in [1.165, 1.54) is 4.59 Å². The van der Waals surface area contributed by atoms with Crippen LogP contribution in [0.5, 0.6) is 0 Å². The molecule has 0 fully saturated rings. The van der Waals surface area contributed by atoms with Crippen molar-refractivity contribution >= 4 is 31.3 Å². The van der Waals surface area contributed by atoms with E-state index in [2.05, 4.69) is 25.7 Å². The van der Waals surface area contributed by atoms with Crippen LogP contribution in [0, 0.1) is 0 Å². The minimum Gasteiger partial charge on any atom is -0.350 e. The molecule has 0 unspecified atom stereocenters. The van der Waals surface area contributed by atoms with Gasteiger partial charge in [-0.05, 0) is 6.92 Å². The zero-order valence-electron chi connectivity index (χ0n) is 11.7. The lowest BCUT2D eigenvalue weighted by Gasteiger charge is -2.31. The van der Waals surface area contributed by atoms with Gasteiger partial charge in [0.05, 0.1) is 12.4 Å². The van der Waals surface area contributed by atoms with Gasteiger partial charge < -0.3 is 20.1 Å². The molecule has 8 nitrogen and oxygen atoms in total. The van der Waals surface area contributed by atoms with Crippen LogP contribution in [0.4, 0.5) is 17.5 Å². The summed E-state index contributed by atoms with van der Waals surface area (Å²) in [5.41, 5.74) is 1.54. The van der Waals surface area contributed by atoms with Crippen LogP contribution in [0.1, 0.15) is 12.5 Å². The molecule has 1 amide bonds. The molecule has 2 aromatic heterocycles. The summed E-state index contributed by atoms with van der Waals surface area (Å²) in [5, 5.41) is 9.77. The Kier molecular flexibility index (Phi) is 3.24. The molecule has 106 valence electrons. The smallest absolute Gasteiger partial charge is 0.264 e. The van der Waals surface area contributed by atoms with Gasteiger partial charge >= 0.3 is 0 Å². The molecule has 0 saturated heterocycles. The quantitative estimate of drug-likeness (QED) is 0.770. The summed E-state index contributed by atoms with van der Waals surface area (Å²) in [7, 11) is 7.32. The first kappa shape index (κ1) is 13.4. The minimum absolute atomic E-state index is 0.0651. The highest BCUT2D eigenvalue weighted by Gasteiger charge is 2.28. The molecule has 0 spiro atoms. The molecule has 2 radical (unpaired) electrons. The molecule has 21 heavy (non-hydrogen) atoms. The zero-order chi connectivity index (χ0) is 15.0. The number of likely N-dealkylation sites (N-methyl/N-ethyl adjacent to an activating group) is 1. The average molecular weight is 283 g/mol. The Hall–Kier alpha value is -2.58. The summed E-state index contributed by atoms with van der Waals surface area (Å²) in [4.78, 5) is 22.2. The molecule has 2 aromatic rings. The van der Waals surface area contributed by atoms with Gasteiger partial charge in [-0.25, -0.2) is 4.98 Å². The van der Waals surface area contributed by atoms with E-state index in [1.807, 2.05) is 18.9 Å². The van der Waals surface area contributed by atoms with Crippen molar-refractivity contribution in [2.45, 2.75) is 19.5 Å². The molecule has 2 N–H and O–H groups in total. The number of rotatable bonds is 3. The summed E-state index contributed by atoms with van der Waals surface area (Å²) < 4.78 is 1.25. The molecule has 0 aliphatic carbocycles. The van der Waals surface area contributed by atoms with Gasteiger partial charge in [-0.1, -0.05) is 0 Å². The van der Waals surface area contributed by atoms with E-state index >= 15 is 0 Å². The van der Waals surface area contributed by atoms with E-state index in [0.29, 0.717) is 24.0 Å². The van der Waals surface area contributed by atoms with E-state index < -0.39 is 0 Å². The topological polar surface area (TPSA) is 88.0 Å². The predicted molar refractivity (Wildman–Crippen MR) is 79.2 cm³/mol. The SMILES string of the molecule is [B]n1cc(CNc2ncc3c(n2)N(C)[C@@H](C)C(=O)N3)cn1. The summed E-state index contributed by atoms with van der Waals surface area (Å²) in [6.07, 6.45) is 4.97. The van der Waals surface area contributed by atoms with Crippen molar-refractivity contribution in [3.63, 3.8) is 0 Å². The number of hydrogen-bond donors (Lipinski definition) is 2. The number of carbonyl (C=O) groups is 1. The second kappa shape index (κ2) is 5.08. The summed E-state index contributed by atoms with van der Waals surface area (Å²) in [5.74, 6) is 1.10. The Balaban J connectivity index is 1.78.